The summed E-state index contributed by atoms with van der Waals surface area (Å²) < 4.78 is 38.3. The summed E-state index contributed by atoms with van der Waals surface area (Å²) in [5, 5.41) is 16.4. The van der Waals surface area contributed by atoms with E-state index in [1.807, 2.05) is 0 Å². The maximum absolute atomic E-state index is 14.2. The Balaban J connectivity index is 1.96. The Morgan fingerprint density at radius 2 is 1.73 bits per heavy atom. The van der Waals surface area contributed by atoms with Crippen molar-refractivity contribution < 1.29 is 23.2 Å². The molecule has 4 N–H and O–H groups in total. The van der Waals surface area contributed by atoms with Crippen molar-refractivity contribution in [1.82, 2.24) is 9.97 Å². The molecule has 1 heterocycles. The van der Waals surface area contributed by atoms with E-state index in [1.54, 1.807) is 12.1 Å². The average molecular weight is 418 g/mol. The summed E-state index contributed by atoms with van der Waals surface area (Å²) in [5.41, 5.74) is 5.77. The highest BCUT2D eigenvalue weighted by Crippen LogP contribution is 2.34. The van der Waals surface area contributed by atoms with Crippen LogP contribution in [0.3, 0.4) is 0 Å². The van der Waals surface area contributed by atoms with Crippen LogP contribution in [0, 0.1) is 21.7 Å². The van der Waals surface area contributed by atoms with E-state index >= 15 is 0 Å². The van der Waals surface area contributed by atoms with E-state index in [0.29, 0.717) is 17.1 Å². The number of nitro groups is 1. The number of methoxy groups -OCH3 is 2. The number of benzene rings is 2. The number of aromatic nitrogens is 2. The zero-order chi connectivity index (χ0) is 21.8. The Morgan fingerprint density at radius 1 is 1.03 bits per heavy atom. The van der Waals surface area contributed by atoms with Crippen molar-refractivity contribution in [2.45, 2.75) is 0 Å². The first kappa shape index (κ1) is 20.5. The summed E-state index contributed by atoms with van der Waals surface area (Å²) in [4.78, 5) is 17.9. The molecule has 2 aromatic carbocycles. The van der Waals surface area contributed by atoms with Crippen LogP contribution in [0.2, 0.25) is 0 Å². The molecule has 10 nitrogen and oxygen atoms in total. The fourth-order valence-electron chi connectivity index (χ4n) is 2.54. The largest absolute Gasteiger partial charge is 0.495 e. The van der Waals surface area contributed by atoms with E-state index in [-0.39, 0.29) is 23.2 Å². The molecule has 0 aliphatic heterocycles. The molecule has 1 aromatic heterocycles. The minimum Gasteiger partial charge on any atom is -0.495 e. The van der Waals surface area contributed by atoms with E-state index < -0.39 is 22.2 Å². The standard InChI is InChI=1S/C18H16F2N6O4/c1-29-15-4-3-9(21)5-12(15)23-17-11(20)8-22-18(25-17)24-13-7-14(26(27)28)10(19)6-16(13)30-2/h3-8H,21H2,1-2H3,(H2,22,23,24,25). The SMILES string of the molecule is COc1cc(F)c([N+](=O)[O-])cc1Nc1ncc(F)c(Nc2cc(N)ccc2OC)n1. The van der Waals surface area contributed by atoms with Crippen molar-refractivity contribution in [3.8, 4) is 11.5 Å². The lowest BCUT2D eigenvalue weighted by Crippen LogP contribution is -2.06. The summed E-state index contributed by atoms with van der Waals surface area (Å²) in [5.74, 6) is -1.82. The monoisotopic (exact) mass is 418 g/mol. The van der Waals surface area contributed by atoms with Gasteiger partial charge in [-0.3, -0.25) is 10.1 Å². The van der Waals surface area contributed by atoms with Gasteiger partial charge in [0.05, 0.1) is 36.7 Å². The number of hydrogen-bond acceptors (Lipinski definition) is 9. The number of halogens is 2. The second-order valence-corrected chi connectivity index (χ2v) is 5.86. The van der Waals surface area contributed by atoms with Gasteiger partial charge in [0, 0.05) is 17.8 Å². The molecule has 0 saturated heterocycles. The molecule has 0 aliphatic carbocycles. The first-order valence-electron chi connectivity index (χ1n) is 8.34. The summed E-state index contributed by atoms with van der Waals surface area (Å²) in [6.07, 6.45) is 0.890. The first-order valence-corrected chi connectivity index (χ1v) is 8.34. The van der Waals surface area contributed by atoms with Crippen molar-refractivity contribution in [3.63, 3.8) is 0 Å². The Bertz CT molecular complexity index is 1110. The quantitative estimate of drug-likeness (QED) is 0.297. The number of hydrogen-bond donors (Lipinski definition) is 3. The van der Waals surface area contributed by atoms with Crippen molar-refractivity contribution >= 4 is 34.5 Å². The summed E-state index contributed by atoms with van der Waals surface area (Å²) in [6, 6.07) is 6.51. The highest BCUT2D eigenvalue weighted by atomic mass is 19.1. The van der Waals surface area contributed by atoms with Gasteiger partial charge >= 0.3 is 5.69 Å². The highest BCUT2D eigenvalue weighted by Gasteiger charge is 2.20. The maximum atomic E-state index is 14.2. The van der Waals surface area contributed by atoms with E-state index in [0.717, 1.165) is 18.3 Å². The van der Waals surface area contributed by atoms with Crippen LogP contribution >= 0.6 is 0 Å². The summed E-state index contributed by atoms with van der Waals surface area (Å²) >= 11 is 0. The molecule has 0 saturated carbocycles. The van der Waals surface area contributed by atoms with Gasteiger partial charge in [-0.25, -0.2) is 9.37 Å². The third kappa shape index (κ3) is 4.27. The van der Waals surface area contributed by atoms with Crippen LogP contribution in [-0.2, 0) is 0 Å². The van der Waals surface area contributed by atoms with E-state index in [9.17, 15) is 18.9 Å². The van der Waals surface area contributed by atoms with Gasteiger partial charge in [0.25, 0.3) is 0 Å². The molecule has 0 amide bonds. The van der Waals surface area contributed by atoms with Gasteiger partial charge in [-0.15, -0.1) is 0 Å². The summed E-state index contributed by atoms with van der Waals surface area (Å²) in [6.45, 7) is 0. The molecule has 0 bridgehead atoms. The molecule has 0 atom stereocenters. The summed E-state index contributed by atoms with van der Waals surface area (Å²) in [7, 11) is 2.70. The Kier molecular flexibility index (Phi) is 5.76. The van der Waals surface area contributed by atoms with Gasteiger partial charge in [0.15, 0.2) is 11.6 Å². The van der Waals surface area contributed by atoms with Gasteiger partial charge in [-0.2, -0.15) is 9.37 Å². The molecule has 3 rings (SSSR count). The molecule has 0 spiro atoms. The number of nitrogens with two attached hydrogens (primary N) is 1. The molecule has 12 heteroatoms. The molecule has 0 radical (unpaired) electrons. The van der Waals surface area contributed by atoms with Crippen LogP contribution in [0.5, 0.6) is 11.5 Å². The lowest BCUT2D eigenvalue weighted by molar-refractivity contribution is -0.387. The fraction of sp³-hybridized carbons (Fsp3) is 0.111. The lowest BCUT2D eigenvalue weighted by Gasteiger charge is -2.14. The molecule has 3 aromatic rings. The first-order chi connectivity index (χ1) is 14.3. The number of anilines is 5. The highest BCUT2D eigenvalue weighted by molar-refractivity contribution is 5.71. The average Bonchev–Trinajstić information content (AvgIpc) is 2.71. The zero-order valence-electron chi connectivity index (χ0n) is 15.8. The van der Waals surface area contributed by atoms with E-state index in [4.69, 9.17) is 15.2 Å². The van der Waals surface area contributed by atoms with Crippen molar-refractivity contribution in [1.29, 1.82) is 0 Å². The minimum absolute atomic E-state index is 0.0182. The van der Waals surface area contributed by atoms with Crippen molar-refractivity contribution in [2.24, 2.45) is 0 Å². The van der Waals surface area contributed by atoms with Crippen molar-refractivity contribution in [2.75, 3.05) is 30.6 Å². The topological polar surface area (TPSA) is 137 Å². The van der Waals surface area contributed by atoms with Crippen molar-refractivity contribution in [3.05, 3.63) is 58.3 Å². The zero-order valence-corrected chi connectivity index (χ0v) is 15.8. The third-order valence-electron chi connectivity index (χ3n) is 3.93. The number of ether oxygens (including phenoxy) is 2. The predicted molar refractivity (Wildman–Crippen MR) is 106 cm³/mol. The van der Waals surface area contributed by atoms with Gasteiger partial charge in [-0.1, -0.05) is 0 Å². The normalized spacial score (nSPS) is 10.4. The second kappa shape index (κ2) is 8.43. The smallest absolute Gasteiger partial charge is 0.307 e. The molecule has 0 unspecified atom stereocenters. The van der Waals surface area contributed by atoms with Gasteiger partial charge in [-0.05, 0) is 18.2 Å². The Labute approximate surface area is 168 Å². The van der Waals surface area contributed by atoms with Gasteiger partial charge in [0.1, 0.15) is 11.5 Å². The molecule has 0 fully saturated rings. The number of nitro benzene ring substituents is 1. The molecule has 30 heavy (non-hydrogen) atoms. The Morgan fingerprint density at radius 3 is 2.40 bits per heavy atom. The fourth-order valence-corrected chi connectivity index (χ4v) is 2.54. The Hall–Kier alpha value is -4.22. The maximum Gasteiger partial charge on any atom is 0.307 e. The van der Waals surface area contributed by atoms with E-state index in [2.05, 4.69) is 20.6 Å². The predicted octanol–water partition coefficient (Wildman–Crippen LogP) is 3.75. The minimum atomic E-state index is -1.07. The molecule has 156 valence electrons. The number of nitrogen functional groups attached to an aromatic ring is 1. The van der Waals surface area contributed by atoms with Gasteiger partial charge in [0.2, 0.25) is 11.8 Å². The second-order valence-electron chi connectivity index (χ2n) is 5.86. The van der Waals surface area contributed by atoms with Crippen LogP contribution < -0.4 is 25.8 Å². The van der Waals surface area contributed by atoms with Crippen LogP contribution in [0.15, 0.2) is 36.5 Å². The van der Waals surface area contributed by atoms with E-state index in [1.165, 1.54) is 20.3 Å². The third-order valence-corrected chi connectivity index (χ3v) is 3.93. The van der Waals surface area contributed by atoms with Crippen LogP contribution in [-0.4, -0.2) is 29.1 Å². The number of rotatable bonds is 7. The van der Waals surface area contributed by atoms with Gasteiger partial charge < -0.3 is 25.8 Å². The molecular formula is C18H16F2N6O4. The molecular weight excluding hydrogens is 402 g/mol. The van der Waals surface area contributed by atoms with Crippen LogP contribution in [0.1, 0.15) is 0 Å². The van der Waals surface area contributed by atoms with Crippen LogP contribution in [0.25, 0.3) is 0 Å². The number of nitrogens with zero attached hydrogens (tertiary/aromatic N) is 3. The number of nitrogens with one attached hydrogen (secondary N) is 2. The van der Waals surface area contributed by atoms with Crippen LogP contribution in [0.4, 0.5) is 43.3 Å². The lowest BCUT2D eigenvalue weighted by atomic mass is 10.2. The molecule has 0 aliphatic rings.